The monoisotopic (exact) mass is 198 g/mol. The Morgan fingerprint density at radius 3 is 2.54 bits per heavy atom. The molecule has 13 heavy (non-hydrogen) atoms. The normalized spacial score (nSPS) is 12.8. The third-order valence-corrected chi connectivity index (χ3v) is 2.15. The molecule has 0 fully saturated rings. The summed E-state index contributed by atoms with van der Waals surface area (Å²) in [7, 11) is 0. The van der Waals surface area contributed by atoms with Gasteiger partial charge in [0.2, 0.25) is 0 Å². The van der Waals surface area contributed by atoms with Crippen LogP contribution in [0.15, 0.2) is 0 Å². The van der Waals surface area contributed by atoms with Gasteiger partial charge in [-0.1, -0.05) is 12.8 Å². The first-order valence-electron chi connectivity index (χ1n) is 4.46. The van der Waals surface area contributed by atoms with Crippen molar-refractivity contribution in [2.45, 2.75) is 45.7 Å². The van der Waals surface area contributed by atoms with Gasteiger partial charge in [-0.05, 0) is 39.4 Å². The molecular formula is C10H18N2S. The van der Waals surface area contributed by atoms with E-state index in [0.29, 0.717) is 5.11 Å². The molecule has 0 saturated carbocycles. The van der Waals surface area contributed by atoms with E-state index in [2.05, 4.69) is 37.3 Å². The molecule has 0 saturated heterocycles. The van der Waals surface area contributed by atoms with Crippen molar-refractivity contribution in [3.63, 3.8) is 0 Å². The van der Waals surface area contributed by atoms with Gasteiger partial charge in [0.15, 0.2) is 5.11 Å². The fourth-order valence-electron chi connectivity index (χ4n) is 0.670. The Labute approximate surface area is 86.5 Å². The van der Waals surface area contributed by atoms with Crippen LogP contribution in [0.5, 0.6) is 0 Å². The van der Waals surface area contributed by atoms with Gasteiger partial charge in [0.05, 0.1) is 6.04 Å². The zero-order chi connectivity index (χ0) is 10.5. The number of thiocarbonyl (C=S) groups is 1. The van der Waals surface area contributed by atoms with Crippen LogP contribution in [0.3, 0.4) is 0 Å². The summed E-state index contributed by atoms with van der Waals surface area (Å²) in [6.45, 7) is 8.20. The maximum atomic E-state index is 5.22. The van der Waals surface area contributed by atoms with Crippen molar-refractivity contribution in [1.29, 1.82) is 0 Å². The molecule has 1 atom stereocenters. The summed E-state index contributed by atoms with van der Waals surface area (Å²) in [4.78, 5) is 0. The number of rotatable bonds is 3. The second kappa shape index (κ2) is 5.08. The van der Waals surface area contributed by atoms with E-state index in [4.69, 9.17) is 18.6 Å². The Bertz CT molecular complexity index is 215. The maximum absolute atomic E-state index is 5.22. The first-order valence-corrected chi connectivity index (χ1v) is 4.87. The molecule has 3 heteroatoms. The minimum atomic E-state index is -0.0207. The molecule has 0 spiro atoms. The van der Waals surface area contributed by atoms with Crippen molar-refractivity contribution in [3.8, 4) is 12.3 Å². The van der Waals surface area contributed by atoms with Crippen LogP contribution in [0.2, 0.25) is 0 Å². The van der Waals surface area contributed by atoms with Gasteiger partial charge in [-0.3, -0.25) is 0 Å². The zero-order valence-corrected chi connectivity index (χ0v) is 9.59. The van der Waals surface area contributed by atoms with Gasteiger partial charge in [0.1, 0.15) is 0 Å². The van der Waals surface area contributed by atoms with Crippen LogP contribution >= 0.6 is 12.2 Å². The fourth-order valence-corrected chi connectivity index (χ4v) is 1.12. The molecule has 74 valence electrons. The maximum Gasteiger partial charge on any atom is 0.167 e. The highest BCUT2D eigenvalue weighted by atomic mass is 32.1. The molecule has 0 rings (SSSR count). The summed E-state index contributed by atoms with van der Waals surface area (Å²) in [6.07, 6.45) is 6.23. The molecule has 1 unspecified atom stereocenters. The highest BCUT2D eigenvalue weighted by Crippen LogP contribution is 2.06. The quantitative estimate of drug-likeness (QED) is 0.533. The molecule has 0 radical (unpaired) electrons. The van der Waals surface area contributed by atoms with Crippen LogP contribution in [0, 0.1) is 12.3 Å². The van der Waals surface area contributed by atoms with Crippen LogP contribution in [-0.2, 0) is 0 Å². The molecule has 0 bridgehead atoms. The second-order valence-electron chi connectivity index (χ2n) is 3.72. The summed E-state index contributed by atoms with van der Waals surface area (Å²) in [6, 6.07) is -0.0207. The highest BCUT2D eigenvalue weighted by molar-refractivity contribution is 7.80. The van der Waals surface area contributed by atoms with E-state index in [-0.39, 0.29) is 11.6 Å². The van der Waals surface area contributed by atoms with Gasteiger partial charge in [0.25, 0.3) is 0 Å². The van der Waals surface area contributed by atoms with Crippen molar-refractivity contribution in [2.75, 3.05) is 0 Å². The molecule has 0 aliphatic heterocycles. The van der Waals surface area contributed by atoms with E-state index in [9.17, 15) is 0 Å². The molecule has 2 N–H and O–H groups in total. The van der Waals surface area contributed by atoms with Crippen molar-refractivity contribution in [1.82, 2.24) is 10.6 Å². The Morgan fingerprint density at radius 1 is 1.62 bits per heavy atom. The van der Waals surface area contributed by atoms with E-state index in [1.54, 1.807) is 0 Å². The van der Waals surface area contributed by atoms with Crippen LogP contribution < -0.4 is 10.6 Å². The SMILES string of the molecule is C#CC(C)NC(=S)NC(C)(C)CC. The largest absolute Gasteiger partial charge is 0.358 e. The minimum absolute atomic E-state index is 0.0207. The van der Waals surface area contributed by atoms with Crippen LogP contribution in [0.25, 0.3) is 0 Å². The van der Waals surface area contributed by atoms with Gasteiger partial charge >= 0.3 is 0 Å². The predicted octanol–water partition coefficient (Wildman–Crippen LogP) is 1.66. The minimum Gasteiger partial charge on any atom is -0.358 e. The fraction of sp³-hybridized carbons (Fsp3) is 0.700. The van der Waals surface area contributed by atoms with E-state index < -0.39 is 0 Å². The molecule has 0 aromatic heterocycles. The van der Waals surface area contributed by atoms with Crippen LogP contribution in [-0.4, -0.2) is 16.7 Å². The first-order chi connectivity index (χ1) is 5.91. The Morgan fingerprint density at radius 2 is 2.15 bits per heavy atom. The van der Waals surface area contributed by atoms with Crippen molar-refractivity contribution in [2.24, 2.45) is 0 Å². The van der Waals surface area contributed by atoms with E-state index in [1.165, 1.54) is 0 Å². The summed E-state index contributed by atoms with van der Waals surface area (Å²) < 4.78 is 0. The number of hydrogen-bond acceptors (Lipinski definition) is 1. The van der Waals surface area contributed by atoms with Crippen molar-refractivity contribution in [3.05, 3.63) is 0 Å². The molecule has 0 heterocycles. The third-order valence-electron chi connectivity index (χ3n) is 1.93. The van der Waals surface area contributed by atoms with Gasteiger partial charge in [-0.25, -0.2) is 0 Å². The highest BCUT2D eigenvalue weighted by Gasteiger charge is 2.15. The summed E-state index contributed by atoms with van der Waals surface area (Å²) in [5.74, 6) is 2.56. The van der Waals surface area contributed by atoms with E-state index in [0.717, 1.165) is 6.42 Å². The van der Waals surface area contributed by atoms with E-state index in [1.807, 2.05) is 6.92 Å². The van der Waals surface area contributed by atoms with Gasteiger partial charge in [0, 0.05) is 5.54 Å². The summed E-state index contributed by atoms with van der Waals surface area (Å²) in [5, 5.41) is 6.82. The average Bonchev–Trinajstić information content (AvgIpc) is 2.03. The van der Waals surface area contributed by atoms with Crippen LogP contribution in [0.4, 0.5) is 0 Å². The summed E-state index contributed by atoms with van der Waals surface area (Å²) in [5.41, 5.74) is 0.0262. The van der Waals surface area contributed by atoms with Gasteiger partial charge in [-0.2, -0.15) is 0 Å². The number of hydrogen-bond donors (Lipinski definition) is 2. The molecule has 0 aliphatic carbocycles. The van der Waals surface area contributed by atoms with Crippen molar-refractivity contribution < 1.29 is 0 Å². The number of nitrogens with one attached hydrogen (secondary N) is 2. The molecular weight excluding hydrogens is 180 g/mol. The third kappa shape index (κ3) is 5.48. The molecule has 2 nitrogen and oxygen atoms in total. The lowest BCUT2D eigenvalue weighted by molar-refractivity contribution is 0.441. The van der Waals surface area contributed by atoms with Crippen LogP contribution in [0.1, 0.15) is 34.1 Å². The lowest BCUT2D eigenvalue weighted by atomic mass is 10.0. The standard InChI is InChI=1S/C10H18N2S/c1-6-8(3)11-9(13)12-10(4,5)7-2/h1,8H,7H2,2-5H3,(H2,11,12,13). The van der Waals surface area contributed by atoms with Gasteiger partial charge < -0.3 is 10.6 Å². The topological polar surface area (TPSA) is 24.1 Å². The first kappa shape index (κ1) is 12.2. The molecule has 0 aromatic rings. The zero-order valence-electron chi connectivity index (χ0n) is 8.77. The summed E-state index contributed by atoms with van der Waals surface area (Å²) >= 11 is 5.09. The smallest absolute Gasteiger partial charge is 0.167 e. The predicted molar refractivity (Wildman–Crippen MR) is 61.5 cm³/mol. The van der Waals surface area contributed by atoms with Gasteiger partial charge in [-0.15, -0.1) is 6.42 Å². The Hall–Kier alpha value is -0.750. The second-order valence-corrected chi connectivity index (χ2v) is 4.13. The lowest BCUT2D eigenvalue weighted by Crippen LogP contribution is -2.49. The number of terminal acetylenes is 1. The molecule has 0 aliphatic rings. The van der Waals surface area contributed by atoms with E-state index >= 15 is 0 Å². The molecule has 0 aromatic carbocycles. The average molecular weight is 198 g/mol. The Balaban J connectivity index is 3.96. The lowest BCUT2D eigenvalue weighted by Gasteiger charge is -2.27. The molecule has 0 amide bonds. The van der Waals surface area contributed by atoms with Crippen molar-refractivity contribution >= 4 is 17.3 Å². The Kier molecular flexibility index (Phi) is 4.79.